The molecule has 0 radical (unpaired) electrons. The molecule has 1 aromatic rings. The summed E-state index contributed by atoms with van der Waals surface area (Å²) in [6.45, 7) is 2.87. The third-order valence-electron chi connectivity index (χ3n) is 2.82. The predicted octanol–water partition coefficient (Wildman–Crippen LogP) is 2.35. The van der Waals surface area contributed by atoms with E-state index in [2.05, 4.69) is 11.9 Å². The van der Waals surface area contributed by atoms with Gasteiger partial charge < -0.3 is 5.11 Å². The predicted molar refractivity (Wildman–Crippen MR) is 60.5 cm³/mol. The molecule has 1 aliphatic rings. The van der Waals surface area contributed by atoms with Crippen LogP contribution in [0.4, 0.5) is 0 Å². The van der Waals surface area contributed by atoms with E-state index in [1.807, 2.05) is 6.92 Å². The second-order valence-electron chi connectivity index (χ2n) is 4.14. The molecule has 1 N–H and O–H groups in total. The smallest absolute Gasteiger partial charge is 0.345 e. The van der Waals surface area contributed by atoms with Crippen LogP contribution in [0.1, 0.15) is 33.0 Å². The van der Waals surface area contributed by atoms with Gasteiger partial charge in [-0.1, -0.05) is 0 Å². The molecule has 1 heterocycles. The fourth-order valence-corrected chi connectivity index (χ4v) is 2.57. The molecule has 0 amide bonds. The number of carboxylic acid groups (broad SMARTS) is 1. The van der Waals surface area contributed by atoms with Crippen LogP contribution in [-0.2, 0) is 6.54 Å². The first-order chi connectivity index (χ1) is 7.08. The monoisotopic (exact) mass is 225 g/mol. The van der Waals surface area contributed by atoms with Crippen molar-refractivity contribution in [2.75, 3.05) is 7.05 Å². The van der Waals surface area contributed by atoms with Gasteiger partial charge in [-0.25, -0.2) is 4.79 Å². The van der Waals surface area contributed by atoms with E-state index in [1.165, 1.54) is 24.2 Å². The summed E-state index contributed by atoms with van der Waals surface area (Å²) in [7, 11) is 2.11. The molecule has 3 nitrogen and oxygen atoms in total. The Kier molecular flexibility index (Phi) is 2.80. The lowest BCUT2D eigenvalue weighted by molar-refractivity contribution is 0.0702. The topological polar surface area (TPSA) is 40.5 Å². The van der Waals surface area contributed by atoms with Crippen molar-refractivity contribution >= 4 is 17.3 Å². The first-order valence-electron chi connectivity index (χ1n) is 5.11. The molecule has 0 aromatic carbocycles. The molecule has 0 saturated heterocycles. The van der Waals surface area contributed by atoms with Crippen LogP contribution in [0.15, 0.2) is 6.07 Å². The van der Waals surface area contributed by atoms with Crippen molar-refractivity contribution in [3.05, 3.63) is 21.4 Å². The molecule has 0 bridgehead atoms. The van der Waals surface area contributed by atoms with Crippen LogP contribution in [0, 0.1) is 6.92 Å². The highest BCUT2D eigenvalue weighted by Crippen LogP contribution is 2.29. The van der Waals surface area contributed by atoms with Crippen LogP contribution >= 0.6 is 11.3 Å². The molecule has 1 fully saturated rings. The molecular weight excluding hydrogens is 210 g/mol. The molecule has 4 heteroatoms. The summed E-state index contributed by atoms with van der Waals surface area (Å²) in [5.41, 5.74) is 1.16. The number of aryl methyl sites for hydroxylation is 1. The molecule has 2 rings (SSSR count). The Hall–Kier alpha value is -0.870. The van der Waals surface area contributed by atoms with Crippen molar-refractivity contribution in [1.82, 2.24) is 4.90 Å². The summed E-state index contributed by atoms with van der Waals surface area (Å²) in [5.74, 6) is -0.816. The molecule has 0 atom stereocenters. The number of hydrogen-bond acceptors (Lipinski definition) is 3. The normalized spacial score (nSPS) is 15.9. The van der Waals surface area contributed by atoms with Gasteiger partial charge in [0.2, 0.25) is 0 Å². The van der Waals surface area contributed by atoms with Crippen LogP contribution in [0.25, 0.3) is 0 Å². The minimum absolute atomic E-state index is 0.451. The van der Waals surface area contributed by atoms with Crippen molar-refractivity contribution in [1.29, 1.82) is 0 Å². The number of carbonyl (C=O) groups is 1. The average molecular weight is 225 g/mol. The van der Waals surface area contributed by atoms with Gasteiger partial charge in [0.25, 0.3) is 0 Å². The summed E-state index contributed by atoms with van der Waals surface area (Å²) < 4.78 is 0. The third kappa shape index (κ3) is 2.38. The van der Waals surface area contributed by atoms with Gasteiger partial charge in [-0.05, 0) is 38.4 Å². The van der Waals surface area contributed by atoms with Crippen molar-refractivity contribution in [2.24, 2.45) is 0 Å². The highest BCUT2D eigenvalue weighted by Gasteiger charge is 2.26. The van der Waals surface area contributed by atoms with Crippen molar-refractivity contribution in [3.8, 4) is 0 Å². The maximum atomic E-state index is 10.8. The number of aromatic carboxylic acids is 1. The quantitative estimate of drug-likeness (QED) is 0.855. The van der Waals surface area contributed by atoms with Crippen molar-refractivity contribution < 1.29 is 9.90 Å². The third-order valence-corrected chi connectivity index (χ3v) is 3.90. The van der Waals surface area contributed by atoms with E-state index in [-0.39, 0.29) is 0 Å². The number of rotatable bonds is 4. The van der Waals surface area contributed by atoms with E-state index < -0.39 is 5.97 Å². The molecule has 1 aromatic heterocycles. The standard InChI is InChI=1S/C11H15NO2S/c1-7-8(5-10(15-7)11(13)14)6-12(2)9-3-4-9/h5,9H,3-4,6H2,1-2H3,(H,13,14). The van der Waals surface area contributed by atoms with Gasteiger partial charge in [-0.15, -0.1) is 11.3 Å². The first-order valence-corrected chi connectivity index (χ1v) is 5.92. The summed E-state index contributed by atoms with van der Waals surface area (Å²) in [4.78, 5) is 14.7. The molecule has 1 saturated carbocycles. The van der Waals surface area contributed by atoms with E-state index in [4.69, 9.17) is 5.11 Å². The zero-order valence-electron chi connectivity index (χ0n) is 8.99. The molecule has 0 aliphatic heterocycles. The second kappa shape index (κ2) is 3.94. The Bertz CT molecular complexity index is 382. The van der Waals surface area contributed by atoms with Crippen LogP contribution in [-0.4, -0.2) is 29.1 Å². The molecule has 1 aliphatic carbocycles. The Labute approximate surface area is 93.3 Å². The van der Waals surface area contributed by atoms with E-state index in [1.54, 1.807) is 6.07 Å². The van der Waals surface area contributed by atoms with Gasteiger partial charge in [-0.2, -0.15) is 0 Å². The summed E-state index contributed by atoms with van der Waals surface area (Å²) in [5, 5.41) is 8.88. The Morgan fingerprint density at radius 3 is 2.80 bits per heavy atom. The minimum Gasteiger partial charge on any atom is -0.477 e. The van der Waals surface area contributed by atoms with Crippen LogP contribution in [0.5, 0.6) is 0 Å². The van der Waals surface area contributed by atoms with Gasteiger partial charge in [0.1, 0.15) is 4.88 Å². The fraction of sp³-hybridized carbons (Fsp3) is 0.545. The highest BCUT2D eigenvalue weighted by atomic mass is 32.1. The van der Waals surface area contributed by atoms with Crippen LogP contribution in [0.2, 0.25) is 0 Å². The number of carboxylic acids is 1. The fourth-order valence-electron chi connectivity index (χ4n) is 1.70. The lowest BCUT2D eigenvalue weighted by Crippen LogP contribution is -2.19. The lowest BCUT2D eigenvalue weighted by Gasteiger charge is -2.14. The molecular formula is C11H15NO2S. The van der Waals surface area contributed by atoms with Crippen LogP contribution < -0.4 is 0 Å². The number of hydrogen-bond donors (Lipinski definition) is 1. The Balaban J connectivity index is 2.09. The summed E-state index contributed by atoms with van der Waals surface area (Å²) >= 11 is 1.37. The zero-order chi connectivity index (χ0) is 11.0. The molecule has 15 heavy (non-hydrogen) atoms. The SMILES string of the molecule is Cc1sc(C(=O)O)cc1CN(C)C1CC1. The van der Waals surface area contributed by atoms with Gasteiger partial charge in [0, 0.05) is 17.5 Å². The van der Waals surface area contributed by atoms with E-state index in [9.17, 15) is 4.79 Å². The van der Waals surface area contributed by atoms with Gasteiger partial charge in [0.05, 0.1) is 0 Å². The lowest BCUT2D eigenvalue weighted by atomic mass is 10.2. The van der Waals surface area contributed by atoms with Crippen molar-refractivity contribution in [3.63, 3.8) is 0 Å². The largest absolute Gasteiger partial charge is 0.477 e. The Morgan fingerprint density at radius 1 is 1.67 bits per heavy atom. The highest BCUT2D eigenvalue weighted by molar-refractivity contribution is 7.14. The zero-order valence-corrected chi connectivity index (χ0v) is 9.80. The summed E-state index contributed by atoms with van der Waals surface area (Å²) in [6, 6.07) is 2.53. The molecule has 0 spiro atoms. The van der Waals surface area contributed by atoms with Gasteiger partial charge in [0.15, 0.2) is 0 Å². The van der Waals surface area contributed by atoms with Gasteiger partial charge in [-0.3, -0.25) is 4.90 Å². The average Bonchev–Trinajstić information content (AvgIpc) is 2.93. The second-order valence-corrected chi connectivity index (χ2v) is 5.40. The molecule has 0 unspecified atom stereocenters. The van der Waals surface area contributed by atoms with E-state index >= 15 is 0 Å². The Morgan fingerprint density at radius 2 is 2.33 bits per heavy atom. The number of nitrogens with zero attached hydrogens (tertiary/aromatic N) is 1. The van der Waals surface area contributed by atoms with E-state index in [0.717, 1.165) is 23.0 Å². The van der Waals surface area contributed by atoms with Crippen LogP contribution in [0.3, 0.4) is 0 Å². The molecule has 82 valence electrons. The maximum Gasteiger partial charge on any atom is 0.345 e. The first kappa shape index (κ1) is 10.6. The number of thiophene rings is 1. The minimum atomic E-state index is -0.816. The summed E-state index contributed by atoms with van der Waals surface area (Å²) in [6.07, 6.45) is 2.57. The van der Waals surface area contributed by atoms with Gasteiger partial charge >= 0.3 is 5.97 Å². The maximum absolute atomic E-state index is 10.8. The van der Waals surface area contributed by atoms with E-state index in [0.29, 0.717) is 4.88 Å². The van der Waals surface area contributed by atoms with Crippen molar-refractivity contribution in [2.45, 2.75) is 32.4 Å².